The van der Waals surface area contributed by atoms with Crippen LogP contribution < -0.4 is 4.74 Å². The van der Waals surface area contributed by atoms with Crippen molar-refractivity contribution < 1.29 is 14.3 Å². The Balaban J connectivity index is 3.16. The minimum Gasteiger partial charge on any atom is -0.437 e. The summed E-state index contributed by atoms with van der Waals surface area (Å²) in [5.74, 6) is -0.0886. The summed E-state index contributed by atoms with van der Waals surface area (Å²) in [6.45, 7) is 0. The summed E-state index contributed by atoms with van der Waals surface area (Å²) in [4.78, 5) is 14.4. The number of nitrogens with zero attached hydrogens (tertiary/aromatic N) is 2. The van der Waals surface area contributed by atoms with Crippen LogP contribution in [0.4, 0.5) is 4.79 Å². The molecule has 0 atom stereocenters. The van der Waals surface area contributed by atoms with Crippen molar-refractivity contribution in [2.24, 2.45) is 0 Å². The van der Waals surface area contributed by atoms with E-state index in [1.54, 1.807) is 6.07 Å². The zero-order chi connectivity index (χ0) is 11.4. The third-order valence-electron chi connectivity index (χ3n) is 1.38. The molecule has 7 heteroatoms. The monoisotopic (exact) mass is 246 g/mol. The smallest absolute Gasteiger partial charge is 0.437 e. The number of halogens is 2. The van der Waals surface area contributed by atoms with E-state index >= 15 is 0 Å². The molecule has 1 rings (SSSR count). The molecule has 1 aromatic heterocycles. The van der Waals surface area contributed by atoms with Crippen molar-refractivity contribution in [1.82, 2.24) is 4.98 Å². The molecule has 0 saturated carbocycles. The largest absolute Gasteiger partial charge is 0.513 e. The lowest BCUT2D eigenvalue weighted by atomic mass is 10.3. The van der Waals surface area contributed by atoms with Gasteiger partial charge in [0.05, 0.1) is 7.11 Å². The lowest BCUT2D eigenvalue weighted by molar-refractivity contribution is 0.121. The molecule has 0 spiro atoms. The van der Waals surface area contributed by atoms with Crippen LogP contribution in [0.25, 0.3) is 0 Å². The summed E-state index contributed by atoms with van der Waals surface area (Å²) in [7, 11) is 1.14. The maximum absolute atomic E-state index is 10.8. The highest BCUT2D eigenvalue weighted by molar-refractivity contribution is 6.33. The second-order valence-electron chi connectivity index (χ2n) is 2.28. The Kier molecular flexibility index (Phi) is 3.72. The molecule has 78 valence electrons. The molecule has 0 fully saturated rings. The van der Waals surface area contributed by atoms with Crippen LogP contribution in [0.15, 0.2) is 6.07 Å². The van der Waals surface area contributed by atoms with Gasteiger partial charge < -0.3 is 9.47 Å². The van der Waals surface area contributed by atoms with Crippen molar-refractivity contribution in [2.75, 3.05) is 7.11 Å². The number of ether oxygens (including phenoxy) is 2. The van der Waals surface area contributed by atoms with Crippen LogP contribution >= 0.6 is 23.2 Å². The number of carbonyl (C=O) groups excluding carboxylic acids is 1. The van der Waals surface area contributed by atoms with Crippen molar-refractivity contribution in [3.8, 4) is 11.8 Å². The van der Waals surface area contributed by atoms with Crippen LogP contribution in [0.5, 0.6) is 5.75 Å². The fourth-order valence-electron chi connectivity index (χ4n) is 0.777. The second-order valence-corrected chi connectivity index (χ2v) is 3.02. The van der Waals surface area contributed by atoms with Gasteiger partial charge in [-0.2, -0.15) is 5.26 Å². The number of hydrogen-bond donors (Lipinski definition) is 0. The molecule has 0 aliphatic carbocycles. The number of pyridine rings is 1. The quantitative estimate of drug-likeness (QED) is 0.562. The highest BCUT2D eigenvalue weighted by atomic mass is 35.5. The van der Waals surface area contributed by atoms with Crippen molar-refractivity contribution in [3.05, 3.63) is 21.9 Å². The van der Waals surface area contributed by atoms with Gasteiger partial charge in [0.25, 0.3) is 0 Å². The zero-order valence-corrected chi connectivity index (χ0v) is 8.96. The highest BCUT2D eigenvalue weighted by Gasteiger charge is 2.15. The fourth-order valence-corrected chi connectivity index (χ4v) is 1.23. The fraction of sp³-hybridized carbons (Fsp3) is 0.125. The standard InChI is InChI=1S/C8H4Cl2N2O3/c1-14-8(13)15-5-2-6(9)12-7(10)4(5)3-11/h2H,1H3. The molecule has 15 heavy (non-hydrogen) atoms. The molecule has 5 nitrogen and oxygen atoms in total. The van der Waals surface area contributed by atoms with Gasteiger partial charge in [0.15, 0.2) is 10.9 Å². The first kappa shape index (κ1) is 11.6. The Hall–Kier alpha value is -1.51. The molecule has 0 amide bonds. The maximum Gasteiger partial charge on any atom is 0.513 e. The number of aromatic nitrogens is 1. The lowest BCUT2D eigenvalue weighted by Gasteiger charge is -2.05. The van der Waals surface area contributed by atoms with Gasteiger partial charge in [0.1, 0.15) is 16.8 Å². The Morgan fingerprint density at radius 3 is 2.80 bits per heavy atom. The average molecular weight is 247 g/mol. The Morgan fingerprint density at radius 2 is 2.27 bits per heavy atom. The summed E-state index contributed by atoms with van der Waals surface area (Å²) in [6, 6.07) is 2.93. The molecule has 1 aromatic rings. The molecule has 0 bridgehead atoms. The van der Waals surface area contributed by atoms with Crippen molar-refractivity contribution in [2.45, 2.75) is 0 Å². The molecule has 0 saturated heterocycles. The molecular weight excluding hydrogens is 243 g/mol. The van der Waals surface area contributed by atoms with E-state index in [1.165, 1.54) is 6.07 Å². The highest BCUT2D eigenvalue weighted by Crippen LogP contribution is 2.27. The Morgan fingerprint density at radius 1 is 1.60 bits per heavy atom. The van der Waals surface area contributed by atoms with Gasteiger partial charge in [-0.15, -0.1) is 0 Å². The molecule has 0 radical (unpaired) electrons. The van der Waals surface area contributed by atoms with Gasteiger partial charge >= 0.3 is 6.16 Å². The number of hydrogen-bond acceptors (Lipinski definition) is 5. The van der Waals surface area contributed by atoms with E-state index in [0.29, 0.717) is 0 Å². The van der Waals surface area contributed by atoms with E-state index in [4.69, 9.17) is 28.5 Å². The predicted octanol–water partition coefficient (Wildman–Crippen LogP) is 2.41. The minimum absolute atomic E-state index is 0.0119. The Labute approximate surface area is 95.1 Å². The maximum atomic E-state index is 10.8. The van der Waals surface area contributed by atoms with Gasteiger partial charge in [0.2, 0.25) is 0 Å². The summed E-state index contributed by atoms with van der Waals surface area (Å²) in [6.07, 6.45) is -0.968. The first-order valence-electron chi connectivity index (χ1n) is 3.60. The molecular formula is C8H4Cl2N2O3. The minimum atomic E-state index is -0.968. The van der Waals surface area contributed by atoms with E-state index in [0.717, 1.165) is 7.11 Å². The number of methoxy groups -OCH3 is 1. The summed E-state index contributed by atoms with van der Waals surface area (Å²) in [5.41, 5.74) is -0.0773. The van der Waals surface area contributed by atoms with Gasteiger partial charge in [-0.3, -0.25) is 0 Å². The van der Waals surface area contributed by atoms with E-state index in [-0.39, 0.29) is 21.6 Å². The third-order valence-corrected chi connectivity index (χ3v) is 1.85. The van der Waals surface area contributed by atoms with Crippen molar-refractivity contribution in [1.29, 1.82) is 5.26 Å². The van der Waals surface area contributed by atoms with Crippen molar-refractivity contribution in [3.63, 3.8) is 0 Å². The average Bonchev–Trinajstić information content (AvgIpc) is 2.17. The summed E-state index contributed by atoms with van der Waals surface area (Å²) < 4.78 is 8.91. The topological polar surface area (TPSA) is 72.2 Å². The third kappa shape index (κ3) is 2.72. The van der Waals surface area contributed by atoms with Gasteiger partial charge in [0, 0.05) is 6.07 Å². The summed E-state index contributed by atoms with van der Waals surface area (Å²) >= 11 is 11.2. The molecule has 0 aliphatic rings. The van der Waals surface area contributed by atoms with Crippen LogP contribution in [0.2, 0.25) is 10.3 Å². The number of rotatable bonds is 1. The van der Waals surface area contributed by atoms with Gasteiger partial charge in [-0.1, -0.05) is 23.2 Å². The second kappa shape index (κ2) is 4.82. The van der Waals surface area contributed by atoms with Crippen molar-refractivity contribution >= 4 is 29.4 Å². The number of carbonyl (C=O) groups is 1. The molecule has 1 heterocycles. The molecule has 0 aromatic carbocycles. The zero-order valence-electron chi connectivity index (χ0n) is 7.45. The van der Waals surface area contributed by atoms with E-state index in [2.05, 4.69) is 14.5 Å². The first-order valence-corrected chi connectivity index (χ1v) is 4.36. The molecule has 0 aliphatic heterocycles. The molecule has 0 unspecified atom stereocenters. The normalized spacial score (nSPS) is 9.20. The van der Waals surface area contributed by atoms with E-state index < -0.39 is 6.16 Å². The van der Waals surface area contributed by atoms with Crippen LogP contribution in [-0.2, 0) is 4.74 Å². The predicted molar refractivity (Wildman–Crippen MR) is 52.0 cm³/mol. The van der Waals surface area contributed by atoms with E-state index in [9.17, 15) is 4.79 Å². The van der Waals surface area contributed by atoms with Crippen LogP contribution in [0.3, 0.4) is 0 Å². The van der Waals surface area contributed by atoms with Crippen LogP contribution in [0, 0.1) is 11.3 Å². The molecule has 0 N–H and O–H groups in total. The first-order chi connectivity index (χ1) is 7.08. The number of nitriles is 1. The van der Waals surface area contributed by atoms with Gasteiger partial charge in [-0.05, 0) is 0 Å². The van der Waals surface area contributed by atoms with E-state index in [1.807, 2.05) is 0 Å². The lowest BCUT2D eigenvalue weighted by Crippen LogP contribution is -2.08. The van der Waals surface area contributed by atoms with Gasteiger partial charge in [-0.25, -0.2) is 9.78 Å². The van der Waals surface area contributed by atoms with Crippen LogP contribution in [0.1, 0.15) is 5.56 Å². The summed E-state index contributed by atoms with van der Waals surface area (Å²) in [5, 5.41) is 8.60. The van der Waals surface area contributed by atoms with Crippen LogP contribution in [-0.4, -0.2) is 18.2 Å². The Bertz CT molecular complexity index is 442. The SMILES string of the molecule is COC(=O)Oc1cc(Cl)nc(Cl)c1C#N.